The lowest BCUT2D eigenvalue weighted by Crippen LogP contribution is -2.48. The minimum Gasteiger partial charge on any atom is -0.450 e. The number of carbonyl (C=O) groups is 2. The molecular formula is C23H34N4O3. The van der Waals surface area contributed by atoms with Gasteiger partial charge in [0.25, 0.3) is 0 Å². The first-order chi connectivity index (χ1) is 14.4. The predicted octanol–water partition coefficient (Wildman–Crippen LogP) is 3.00. The standard InChI is InChI=1S/C23H34N4O3/c1-4-30-22(29)26-12-9-18(16-26)15-25-13-10-23(11-14-25)17-27(21(28)24(2)3)20-8-6-5-7-19(20)23/h5-8,18H,4,9-17H2,1-3H3/t18-/m0/s1. The minimum atomic E-state index is -0.175. The van der Waals surface area contributed by atoms with Crippen molar-refractivity contribution in [2.45, 2.75) is 31.6 Å². The topological polar surface area (TPSA) is 56.3 Å². The van der Waals surface area contributed by atoms with Crippen molar-refractivity contribution in [2.75, 3.05) is 64.9 Å². The molecule has 164 valence electrons. The molecular weight excluding hydrogens is 380 g/mol. The van der Waals surface area contributed by atoms with E-state index in [4.69, 9.17) is 4.74 Å². The zero-order valence-electron chi connectivity index (χ0n) is 18.5. The van der Waals surface area contributed by atoms with Crippen LogP contribution in [0, 0.1) is 5.92 Å². The fourth-order valence-electron chi connectivity index (χ4n) is 5.36. The van der Waals surface area contributed by atoms with Gasteiger partial charge in [-0.05, 0) is 56.8 Å². The Morgan fingerprint density at radius 3 is 2.60 bits per heavy atom. The molecule has 7 nitrogen and oxygen atoms in total. The zero-order chi connectivity index (χ0) is 21.3. The summed E-state index contributed by atoms with van der Waals surface area (Å²) >= 11 is 0. The number of benzene rings is 1. The number of para-hydroxylation sites is 1. The van der Waals surface area contributed by atoms with Gasteiger partial charge in [-0.1, -0.05) is 18.2 Å². The molecule has 0 unspecified atom stereocenters. The quantitative estimate of drug-likeness (QED) is 0.763. The third-order valence-corrected chi connectivity index (χ3v) is 6.98. The lowest BCUT2D eigenvalue weighted by molar-refractivity contribution is 0.111. The van der Waals surface area contributed by atoms with Gasteiger partial charge in [-0.2, -0.15) is 0 Å². The second-order valence-corrected chi connectivity index (χ2v) is 9.16. The second-order valence-electron chi connectivity index (χ2n) is 9.16. The Labute approximate surface area is 179 Å². The largest absolute Gasteiger partial charge is 0.450 e. The number of nitrogens with zero attached hydrogens (tertiary/aromatic N) is 4. The molecule has 1 aromatic rings. The van der Waals surface area contributed by atoms with Crippen LogP contribution in [-0.4, -0.2) is 86.8 Å². The maximum absolute atomic E-state index is 12.8. The Morgan fingerprint density at radius 1 is 1.17 bits per heavy atom. The van der Waals surface area contributed by atoms with Crippen molar-refractivity contribution < 1.29 is 14.3 Å². The first-order valence-corrected chi connectivity index (χ1v) is 11.2. The summed E-state index contributed by atoms with van der Waals surface area (Å²) in [5, 5.41) is 0. The highest BCUT2D eigenvalue weighted by atomic mass is 16.6. The summed E-state index contributed by atoms with van der Waals surface area (Å²) in [4.78, 5) is 32.7. The number of amides is 3. The predicted molar refractivity (Wildman–Crippen MR) is 117 cm³/mol. The van der Waals surface area contributed by atoms with Gasteiger partial charge in [0.15, 0.2) is 0 Å². The van der Waals surface area contributed by atoms with E-state index in [1.165, 1.54) is 5.56 Å². The summed E-state index contributed by atoms with van der Waals surface area (Å²) in [6, 6.07) is 8.48. The summed E-state index contributed by atoms with van der Waals surface area (Å²) in [7, 11) is 3.64. The number of urea groups is 1. The number of ether oxygens (including phenoxy) is 1. The van der Waals surface area contributed by atoms with Crippen molar-refractivity contribution in [3.8, 4) is 0 Å². The number of piperidine rings is 1. The van der Waals surface area contributed by atoms with Gasteiger partial charge in [0.05, 0.1) is 6.61 Å². The van der Waals surface area contributed by atoms with E-state index in [9.17, 15) is 9.59 Å². The first-order valence-electron chi connectivity index (χ1n) is 11.2. The molecule has 0 N–H and O–H groups in total. The molecule has 2 saturated heterocycles. The highest BCUT2D eigenvalue weighted by molar-refractivity contribution is 5.95. The summed E-state index contributed by atoms with van der Waals surface area (Å²) in [5.74, 6) is 0.520. The van der Waals surface area contributed by atoms with Crippen LogP contribution in [0.1, 0.15) is 31.7 Å². The van der Waals surface area contributed by atoms with Crippen LogP contribution in [0.3, 0.4) is 0 Å². The van der Waals surface area contributed by atoms with Gasteiger partial charge >= 0.3 is 12.1 Å². The van der Waals surface area contributed by atoms with Crippen molar-refractivity contribution in [3.05, 3.63) is 29.8 Å². The van der Waals surface area contributed by atoms with E-state index in [1.807, 2.05) is 36.9 Å². The fourth-order valence-corrected chi connectivity index (χ4v) is 5.36. The lowest BCUT2D eigenvalue weighted by atomic mass is 9.74. The summed E-state index contributed by atoms with van der Waals surface area (Å²) in [5.41, 5.74) is 2.46. The molecule has 0 saturated carbocycles. The van der Waals surface area contributed by atoms with E-state index >= 15 is 0 Å². The van der Waals surface area contributed by atoms with Crippen molar-refractivity contribution in [1.29, 1.82) is 0 Å². The van der Waals surface area contributed by atoms with E-state index in [-0.39, 0.29) is 17.5 Å². The van der Waals surface area contributed by atoms with Crippen LogP contribution in [-0.2, 0) is 10.2 Å². The Morgan fingerprint density at radius 2 is 1.90 bits per heavy atom. The number of fused-ring (bicyclic) bond motifs is 2. The molecule has 3 aliphatic rings. The Kier molecular flexibility index (Phi) is 5.91. The summed E-state index contributed by atoms with van der Waals surface area (Å²) in [6.45, 7) is 7.77. The van der Waals surface area contributed by atoms with Crippen LogP contribution < -0.4 is 4.90 Å². The van der Waals surface area contributed by atoms with Gasteiger partial charge in [0, 0.05) is 51.4 Å². The average Bonchev–Trinajstić information content (AvgIpc) is 3.33. The van der Waals surface area contributed by atoms with Crippen LogP contribution >= 0.6 is 0 Å². The molecule has 4 rings (SSSR count). The van der Waals surface area contributed by atoms with Gasteiger partial charge in [-0.3, -0.25) is 4.90 Å². The van der Waals surface area contributed by atoms with Crippen LogP contribution in [0.5, 0.6) is 0 Å². The molecule has 1 aromatic carbocycles. The lowest BCUT2D eigenvalue weighted by Gasteiger charge is -2.40. The molecule has 3 heterocycles. The molecule has 3 aliphatic heterocycles. The van der Waals surface area contributed by atoms with E-state index in [0.29, 0.717) is 12.5 Å². The number of anilines is 1. The van der Waals surface area contributed by atoms with Crippen LogP contribution in [0.25, 0.3) is 0 Å². The normalized spacial score (nSPS) is 23.0. The minimum absolute atomic E-state index is 0.0609. The Bertz CT molecular complexity index is 788. The molecule has 0 radical (unpaired) electrons. The van der Waals surface area contributed by atoms with Crippen molar-refractivity contribution in [1.82, 2.24) is 14.7 Å². The highest BCUT2D eigenvalue weighted by Gasteiger charge is 2.46. The van der Waals surface area contributed by atoms with Crippen molar-refractivity contribution >= 4 is 17.8 Å². The summed E-state index contributed by atoms with van der Waals surface area (Å²) < 4.78 is 5.14. The zero-order valence-corrected chi connectivity index (χ0v) is 18.5. The Balaban J connectivity index is 1.37. The smallest absolute Gasteiger partial charge is 0.409 e. The van der Waals surface area contributed by atoms with E-state index in [0.717, 1.165) is 64.2 Å². The molecule has 0 aromatic heterocycles. The second kappa shape index (κ2) is 8.46. The van der Waals surface area contributed by atoms with Crippen molar-refractivity contribution in [2.24, 2.45) is 5.92 Å². The van der Waals surface area contributed by atoms with E-state index < -0.39 is 0 Å². The number of hydrogen-bond donors (Lipinski definition) is 0. The SMILES string of the molecule is CCOC(=O)N1CC[C@@H](CN2CCC3(CC2)CN(C(=O)N(C)C)c2ccccc23)C1. The highest BCUT2D eigenvalue weighted by Crippen LogP contribution is 2.47. The van der Waals surface area contributed by atoms with E-state index in [1.54, 1.807) is 4.90 Å². The Hall–Kier alpha value is -2.28. The molecule has 1 spiro atoms. The third kappa shape index (κ3) is 3.87. The molecule has 1 atom stereocenters. The average molecular weight is 415 g/mol. The number of carbonyl (C=O) groups excluding carboxylic acids is 2. The molecule has 3 amide bonds. The van der Waals surface area contributed by atoms with E-state index in [2.05, 4.69) is 23.1 Å². The van der Waals surface area contributed by atoms with Crippen LogP contribution in [0.2, 0.25) is 0 Å². The maximum Gasteiger partial charge on any atom is 0.409 e. The third-order valence-electron chi connectivity index (χ3n) is 6.98. The molecule has 0 bridgehead atoms. The van der Waals surface area contributed by atoms with Gasteiger partial charge in [0.2, 0.25) is 0 Å². The number of hydrogen-bond acceptors (Lipinski definition) is 4. The van der Waals surface area contributed by atoms with Gasteiger partial charge < -0.3 is 19.4 Å². The fraction of sp³-hybridized carbons (Fsp3) is 0.652. The molecule has 7 heteroatoms. The van der Waals surface area contributed by atoms with Gasteiger partial charge in [-0.15, -0.1) is 0 Å². The van der Waals surface area contributed by atoms with Gasteiger partial charge in [0.1, 0.15) is 0 Å². The van der Waals surface area contributed by atoms with Crippen LogP contribution in [0.4, 0.5) is 15.3 Å². The first kappa shape index (κ1) is 21.0. The molecule has 2 fully saturated rings. The molecule has 30 heavy (non-hydrogen) atoms. The maximum atomic E-state index is 12.8. The number of likely N-dealkylation sites (tertiary alicyclic amines) is 2. The van der Waals surface area contributed by atoms with Crippen molar-refractivity contribution in [3.63, 3.8) is 0 Å². The van der Waals surface area contributed by atoms with Crippen LogP contribution in [0.15, 0.2) is 24.3 Å². The van der Waals surface area contributed by atoms with Gasteiger partial charge in [-0.25, -0.2) is 9.59 Å². The number of rotatable bonds is 3. The molecule has 0 aliphatic carbocycles. The summed E-state index contributed by atoms with van der Waals surface area (Å²) in [6.07, 6.45) is 3.00. The monoisotopic (exact) mass is 414 g/mol.